The lowest BCUT2D eigenvalue weighted by molar-refractivity contribution is 0.00193. The van der Waals surface area contributed by atoms with Gasteiger partial charge in [-0.25, -0.2) is 13.4 Å². The van der Waals surface area contributed by atoms with Crippen LogP contribution in [0.4, 0.5) is 5.95 Å². The molecule has 1 unspecified atom stereocenters. The number of hydrogen-bond acceptors (Lipinski definition) is 11. The van der Waals surface area contributed by atoms with Gasteiger partial charge in [0.15, 0.2) is 5.82 Å². The number of rotatable bonds is 13. The smallest absolute Gasteiger partial charge is 0.240 e. The first kappa shape index (κ1) is 27.2. The van der Waals surface area contributed by atoms with Gasteiger partial charge in [-0.2, -0.15) is 0 Å². The Bertz CT molecular complexity index is 1050. The van der Waals surface area contributed by atoms with E-state index in [1.165, 1.54) is 40.6 Å². The molecule has 0 spiro atoms. The van der Waals surface area contributed by atoms with Crippen LogP contribution in [-0.4, -0.2) is 79.6 Å². The minimum absolute atomic E-state index is 0.0219. The van der Waals surface area contributed by atoms with Gasteiger partial charge in [0.05, 0.1) is 37.9 Å². The molecule has 0 radical (unpaired) electrons. The fourth-order valence-corrected chi connectivity index (χ4v) is 5.11. The summed E-state index contributed by atoms with van der Waals surface area (Å²) in [6.45, 7) is 3.89. The van der Waals surface area contributed by atoms with Gasteiger partial charge in [-0.1, -0.05) is 0 Å². The van der Waals surface area contributed by atoms with Gasteiger partial charge in [-0.05, 0) is 26.7 Å². The number of methoxy groups -OCH3 is 4. The molecule has 13 nitrogen and oxygen atoms in total. The maximum Gasteiger partial charge on any atom is 0.240 e. The summed E-state index contributed by atoms with van der Waals surface area (Å²) in [7, 11) is 1.98. The Morgan fingerprint density at radius 3 is 2.46 bits per heavy atom. The van der Waals surface area contributed by atoms with Crippen molar-refractivity contribution in [3.05, 3.63) is 23.9 Å². The summed E-state index contributed by atoms with van der Waals surface area (Å²) in [4.78, 5) is 8.33. The topological polar surface area (TPSA) is 149 Å². The first-order valence-corrected chi connectivity index (χ1v) is 12.8. The van der Waals surface area contributed by atoms with Crippen molar-refractivity contribution in [1.29, 1.82) is 0 Å². The summed E-state index contributed by atoms with van der Waals surface area (Å²) in [5, 5.41) is 7.37. The minimum Gasteiger partial charge on any atom is -0.480 e. The predicted octanol–water partition coefficient (Wildman–Crippen LogP) is 2.02. The number of anilines is 1. The van der Waals surface area contributed by atoms with Crippen molar-refractivity contribution >= 4 is 16.0 Å². The van der Waals surface area contributed by atoms with Crippen LogP contribution < -0.4 is 9.46 Å². The summed E-state index contributed by atoms with van der Waals surface area (Å²) < 4.78 is 58.4. The van der Waals surface area contributed by atoms with Crippen LogP contribution in [0.2, 0.25) is 0 Å². The number of nitrogens with zero attached hydrogens (tertiary/aromatic N) is 5. The average Bonchev–Trinajstić information content (AvgIpc) is 3.46. The SMILES string of the molecule is COCCC(OC)n1c(NS(=O)(=O)[C@@H](C)[C@H](OC)c2cnc(OC)cn2)nnc1[C@@H]1CC[C@H](C)O1. The normalized spacial score (nSPS) is 21.0. The van der Waals surface area contributed by atoms with Gasteiger partial charge in [-0.3, -0.25) is 14.3 Å². The van der Waals surface area contributed by atoms with Crippen LogP contribution in [0, 0.1) is 0 Å². The van der Waals surface area contributed by atoms with Crippen LogP contribution in [0.5, 0.6) is 5.88 Å². The molecule has 0 aromatic carbocycles. The van der Waals surface area contributed by atoms with Gasteiger partial charge in [0.2, 0.25) is 21.9 Å². The number of hydrogen-bond donors (Lipinski definition) is 1. The fourth-order valence-electron chi connectivity index (χ4n) is 3.95. The first-order chi connectivity index (χ1) is 16.7. The lowest BCUT2D eigenvalue weighted by Gasteiger charge is -2.25. The van der Waals surface area contributed by atoms with E-state index in [0.29, 0.717) is 30.4 Å². The predicted molar refractivity (Wildman–Crippen MR) is 125 cm³/mol. The van der Waals surface area contributed by atoms with Crippen molar-refractivity contribution in [2.75, 3.05) is 39.8 Å². The summed E-state index contributed by atoms with van der Waals surface area (Å²) in [5.41, 5.74) is 0.344. The van der Waals surface area contributed by atoms with E-state index in [9.17, 15) is 8.42 Å². The van der Waals surface area contributed by atoms with Crippen LogP contribution in [0.3, 0.4) is 0 Å². The van der Waals surface area contributed by atoms with E-state index >= 15 is 0 Å². The van der Waals surface area contributed by atoms with Crippen LogP contribution in [0.25, 0.3) is 0 Å². The Balaban J connectivity index is 1.92. The number of nitrogens with one attached hydrogen (secondary N) is 1. The third kappa shape index (κ3) is 6.25. The van der Waals surface area contributed by atoms with Gasteiger partial charge in [0.25, 0.3) is 0 Å². The molecule has 1 fully saturated rings. The molecule has 2 aromatic rings. The molecule has 1 N–H and O–H groups in total. The molecule has 196 valence electrons. The molecule has 3 rings (SSSR count). The average molecular weight is 515 g/mol. The van der Waals surface area contributed by atoms with Gasteiger partial charge in [0.1, 0.15) is 23.7 Å². The monoisotopic (exact) mass is 514 g/mol. The molecule has 1 aliphatic rings. The second kappa shape index (κ2) is 12.0. The Morgan fingerprint density at radius 2 is 1.91 bits per heavy atom. The van der Waals surface area contributed by atoms with Crippen LogP contribution in [0.15, 0.2) is 12.4 Å². The highest BCUT2D eigenvalue weighted by atomic mass is 32.2. The maximum atomic E-state index is 13.4. The van der Waals surface area contributed by atoms with Crippen LogP contribution in [0.1, 0.15) is 63.1 Å². The van der Waals surface area contributed by atoms with E-state index in [0.717, 1.165) is 12.8 Å². The van der Waals surface area contributed by atoms with E-state index < -0.39 is 27.6 Å². The van der Waals surface area contributed by atoms with Crippen molar-refractivity contribution in [3.63, 3.8) is 0 Å². The molecule has 2 aromatic heterocycles. The van der Waals surface area contributed by atoms with E-state index in [1.54, 1.807) is 11.7 Å². The lowest BCUT2D eigenvalue weighted by Crippen LogP contribution is -2.33. The zero-order valence-electron chi connectivity index (χ0n) is 20.9. The second-order valence-electron chi connectivity index (χ2n) is 8.23. The molecule has 5 atom stereocenters. The molecule has 0 aliphatic carbocycles. The van der Waals surface area contributed by atoms with Crippen molar-refractivity contribution < 1.29 is 32.1 Å². The summed E-state index contributed by atoms with van der Waals surface area (Å²) in [6.07, 6.45) is 3.16. The van der Waals surface area contributed by atoms with E-state index in [2.05, 4.69) is 24.9 Å². The van der Waals surface area contributed by atoms with Gasteiger partial charge >= 0.3 is 0 Å². The van der Waals surface area contributed by atoms with Crippen molar-refractivity contribution in [3.8, 4) is 5.88 Å². The molecule has 14 heteroatoms. The number of aromatic nitrogens is 5. The molecule has 35 heavy (non-hydrogen) atoms. The first-order valence-electron chi connectivity index (χ1n) is 11.3. The Labute approximate surface area is 205 Å². The summed E-state index contributed by atoms with van der Waals surface area (Å²) >= 11 is 0. The minimum atomic E-state index is -4.02. The molecular weight excluding hydrogens is 480 g/mol. The maximum absolute atomic E-state index is 13.4. The molecule has 3 heterocycles. The molecule has 0 amide bonds. The Morgan fingerprint density at radius 1 is 1.14 bits per heavy atom. The lowest BCUT2D eigenvalue weighted by atomic mass is 10.2. The van der Waals surface area contributed by atoms with Gasteiger partial charge in [0, 0.05) is 27.8 Å². The Kier molecular flexibility index (Phi) is 9.35. The molecule has 0 saturated carbocycles. The van der Waals surface area contributed by atoms with E-state index in [1.807, 2.05) is 6.92 Å². The quantitative estimate of drug-likeness (QED) is 0.418. The standard InChI is InChI=1S/C21H34N6O7S/c1-13-7-8-16(34-13)20-24-25-21(27(20)18(32-5)9-10-30-3)26-35(28,29)14(2)19(33-6)15-11-23-17(31-4)12-22-15/h11-14,16,18-19H,7-10H2,1-6H3,(H,25,26)/t13-,14-,16-,18?,19-/m0/s1. The fraction of sp³-hybridized carbons (Fsp3) is 0.714. The van der Waals surface area contributed by atoms with E-state index in [4.69, 9.17) is 23.7 Å². The third-order valence-electron chi connectivity index (χ3n) is 5.92. The second-order valence-corrected chi connectivity index (χ2v) is 10.3. The van der Waals surface area contributed by atoms with Crippen molar-refractivity contribution in [1.82, 2.24) is 24.7 Å². The molecule has 0 bridgehead atoms. The largest absolute Gasteiger partial charge is 0.480 e. The summed E-state index contributed by atoms with van der Waals surface area (Å²) in [5.74, 6) is 0.823. The zero-order chi connectivity index (χ0) is 25.6. The number of sulfonamides is 1. The Hall–Kier alpha value is -2.39. The highest BCUT2D eigenvalue weighted by Gasteiger charge is 2.36. The molecule has 1 saturated heterocycles. The molecule has 1 aliphatic heterocycles. The van der Waals surface area contributed by atoms with Gasteiger partial charge in [-0.15, -0.1) is 10.2 Å². The highest BCUT2D eigenvalue weighted by Crippen LogP contribution is 2.35. The van der Waals surface area contributed by atoms with E-state index in [-0.39, 0.29) is 18.2 Å². The third-order valence-corrected chi connectivity index (χ3v) is 7.62. The van der Waals surface area contributed by atoms with Crippen LogP contribution >= 0.6 is 0 Å². The van der Waals surface area contributed by atoms with Crippen molar-refractivity contribution in [2.24, 2.45) is 0 Å². The zero-order valence-corrected chi connectivity index (χ0v) is 21.7. The number of ether oxygens (including phenoxy) is 5. The van der Waals surface area contributed by atoms with Crippen molar-refractivity contribution in [2.45, 2.75) is 62.9 Å². The van der Waals surface area contributed by atoms with Gasteiger partial charge < -0.3 is 23.7 Å². The van der Waals surface area contributed by atoms with Crippen LogP contribution in [-0.2, 0) is 29.0 Å². The molecular formula is C21H34N6O7S. The summed E-state index contributed by atoms with van der Waals surface area (Å²) in [6, 6.07) is 0. The highest BCUT2D eigenvalue weighted by molar-refractivity contribution is 7.93.